The second-order valence-electron chi connectivity index (χ2n) is 6.22. The fraction of sp³-hybridized carbons (Fsp3) is 0.533. The standard InChI is InChI=1S/C11H15N3.2C2HF3O2/c1-9-4-10(2-3-13-9)14-7-11(8-14)5-12-6-11;2*3-2(4,5)1(6)7/h2-4,12H,5-8H2,1H3;2*(H,6,7). The molecule has 2 fully saturated rings. The molecule has 7 nitrogen and oxygen atoms in total. The number of rotatable bonds is 1. The summed E-state index contributed by atoms with van der Waals surface area (Å²) in [6.45, 7) is 6.87. The van der Waals surface area contributed by atoms with Crippen LogP contribution >= 0.6 is 0 Å². The van der Waals surface area contributed by atoms with E-state index >= 15 is 0 Å². The van der Waals surface area contributed by atoms with Gasteiger partial charge in [-0.25, -0.2) is 9.59 Å². The minimum atomic E-state index is -5.08. The van der Waals surface area contributed by atoms with Gasteiger partial charge in [0.1, 0.15) is 0 Å². The minimum absolute atomic E-state index is 0.608. The van der Waals surface area contributed by atoms with Crippen molar-refractivity contribution in [2.75, 3.05) is 31.1 Å². The molecular weight excluding hydrogens is 400 g/mol. The number of aryl methyl sites for hydroxylation is 1. The molecule has 0 aromatic carbocycles. The molecule has 158 valence electrons. The lowest BCUT2D eigenvalue weighted by Crippen LogP contribution is -2.71. The van der Waals surface area contributed by atoms with Crippen molar-refractivity contribution in [2.45, 2.75) is 19.3 Å². The number of carboxylic acid groups (broad SMARTS) is 2. The maximum Gasteiger partial charge on any atom is 0.490 e. The van der Waals surface area contributed by atoms with Crippen molar-refractivity contribution in [3.63, 3.8) is 0 Å². The van der Waals surface area contributed by atoms with Gasteiger partial charge in [0.15, 0.2) is 0 Å². The number of pyridine rings is 1. The molecule has 0 amide bonds. The van der Waals surface area contributed by atoms with Gasteiger partial charge in [-0.1, -0.05) is 0 Å². The predicted molar refractivity (Wildman–Crippen MR) is 83.9 cm³/mol. The SMILES string of the molecule is Cc1cc(N2CC3(CNC3)C2)ccn1.O=C(O)C(F)(F)F.O=C(O)C(F)(F)F. The van der Waals surface area contributed by atoms with Crippen LogP contribution in [0.4, 0.5) is 32.0 Å². The first-order chi connectivity index (χ1) is 12.7. The van der Waals surface area contributed by atoms with Gasteiger partial charge in [0.25, 0.3) is 0 Å². The summed E-state index contributed by atoms with van der Waals surface area (Å²) in [7, 11) is 0. The van der Waals surface area contributed by atoms with Crippen LogP contribution in [0, 0.1) is 12.3 Å². The second-order valence-corrected chi connectivity index (χ2v) is 6.22. The zero-order valence-electron chi connectivity index (χ0n) is 14.4. The zero-order valence-corrected chi connectivity index (χ0v) is 14.4. The van der Waals surface area contributed by atoms with Gasteiger partial charge in [-0.05, 0) is 19.1 Å². The molecular formula is C15H17F6N3O4. The number of aromatic nitrogens is 1. The molecule has 1 spiro atoms. The van der Waals surface area contributed by atoms with Gasteiger partial charge in [-0.15, -0.1) is 0 Å². The molecule has 1 aromatic heterocycles. The van der Waals surface area contributed by atoms with E-state index < -0.39 is 24.3 Å². The zero-order chi connectivity index (χ0) is 21.8. The molecule has 3 N–H and O–H groups in total. The van der Waals surface area contributed by atoms with Gasteiger partial charge in [0.05, 0.1) is 0 Å². The molecule has 0 aliphatic carbocycles. The first kappa shape index (κ1) is 23.5. The van der Waals surface area contributed by atoms with Crippen molar-refractivity contribution >= 4 is 17.6 Å². The van der Waals surface area contributed by atoms with Gasteiger partial charge in [-0.2, -0.15) is 26.3 Å². The van der Waals surface area contributed by atoms with E-state index in [1.54, 1.807) is 0 Å². The lowest BCUT2D eigenvalue weighted by Gasteiger charge is -2.57. The summed E-state index contributed by atoms with van der Waals surface area (Å²) in [6, 6.07) is 4.27. The maximum atomic E-state index is 10.6. The Bertz CT molecular complexity index is 672. The van der Waals surface area contributed by atoms with E-state index in [2.05, 4.69) is 27.3 Å². The average Bonchev–Trinajstić information content (AvgIpc) is 2.43. The number of nitrogens with zero attached hydrogens (tertiary/aromatic N) is 2. The molecule has 0 unspecified atom stereocenters. The second kappa shape index (κ2) is 8.63. The summed E-state index contributed by atoms with van der Waals surface area (Å²) in [6.07, 6.45) is -8.27. The molecule has 1 aromatic rings. The lowest BCUT2D eigenvalue weighted by molar-refractivity contribution is -0.193. The summed E-state index contributed by atoms with van der Waals surface area (Å²) in [5.74, 6) is -5.51. The van der Waals surface area contributed by atoms with Crippen LogP contribution in [-0.2, 0) is 9.59 Å². The summed E-state index contributed by atoms with van der Waals surface area (Å²) in [4.78, 5) is 24.4. The van der Waals surface area contributed by atoms with Gasteiger partial charge >= 0.3 is 24.3 Å². The van der Waals surface area contributed by atoms with Crippen molar-refractivity contribution in [3.8, 4) is 0 Å². The lowest BCUT2D eigenvalue weighted by atomic mass is 9.74. The number of hydrogen-bond donors (Lipinski definition) is 3. The van der Waals surface area contributed by atoms with Gasteiger partial charge in [0.2, 0.25) is 0 Å². The molecule has 13 heteroatoms. The van der Waals surface area contributed by atoms with Crippen molar-refractivity contribution < 1.29 is 46.1 Å². The maximum absolute atomic E-state index is 10.6. The molecule has 0 radical (unpaired) electrons. The summed E-state index contributed by atoms with van der Waals surface area (Å²) in [5, 5.41) is 17.6. The average molecular weight is 417 g/mol. The van der Waals surface area contributed by atoms with E-state index in [0.717, 1.165) is 5.69 Å². The Kier molecular flexibility index (Phi) is 7.23. The quantitative estimate of drug-likeness (QED) is 0.601. The van der Waals surface area contributed by atoms with E-state index in [0.29, 0.717) is 5.41 Å². The molecule has 2 saturated heterocycles. The third-order valence-electron chi connectivity index (χ3n) is 3.78. The Morgan fingerprint density at radius 3 is 1.79 bits per heavy atom. The number of halogens is 6. The fourth-order valence-electron chi connectivity index (χ4n) is 2.38. The van der Waals surface area contributed by atoms with Crippen LogP contribution in [0.2, 0.25) is 0 Å². The highest BCUT2D eigenvalue weighted by Gasteiger charge is 2.47. The molecule has 3 heterocycles. The van der Waals surface area contributed by atoms with Crippen LogP contribution in [0.5, 0.6) is 0 Å². The van der Waals surface area contributed by atoms with Gasteiger partial charge in [0, 0.05) is 49.2 Å². The van der Waals surface area contributed by atoms with Crippen molar-refractivity contribution in [1.29, 1.82) is 0 Å². The summed E-state index contributed by atoms with van der Waals surface area (Å²) >= 11 is 0. The Labute approximate surface area is 155 Å². The van der Waals surface area contributed by atoms with Gasteiger partial charge < -0.3 is 20.4 Å². The number of anilines is 1. The predicted octanol–water partition coefficient (Wildman–Crippen LogP) is 2.07. The van der Waals surface area contributed by atoms with Crippen LogP contribution < -0.4 is 10.2 Å². The number of aliphatic carboxylic acids is 2. The molecule has 2 aliphatic rings. The molecule has 0 saturated carbocycles. The molecule has 2 aliphatic heterocycles. The third kappa shape index (κ3) is 6.87. The normalized spacial score (nSPS) is 17.2. The number of carbonyl (C=O) groups is 2. The van der Waals surface area contributed by atoms with E-state index in [1.165, 1.54) is 31.9 Å². The Balaban J connectivity index is 0.000000240. The highest BCUT2D eigenvalue weighted by atomic mass is 19.4. The molecule has 0 bridgehead atoms. The Hall–Kier alpha value is -2.57. The van der Waals surface area contributed by atoms with Crippen molar-refractivity contribution in [2.24, 2.45) is 5.41 Å². The van der Waals surface area contributed by atoms with Crippen LogP contribution in [0.1, 0.15) is 5.69 Å². The van der Waals surface area contributed by atoms with Crippen LogP contribution in [-0.4, -0.2) is 65.7 Å². The largest absolute Gasteiger partial charge is 0.490 e. The summed E-state index contributed by atoms with van der Waals surface area (Å²) < 4.78 is 63.5. The van der Waals surface area contributed by atoms with E-state index in [-0.39, 0.29) is 0 Å². The topological polar surface area (TPSA) is 103 Å². The highest BCUT2D eigenvalue weighted by molar-refractivity contribution is 5.73. The molecule has 0 atom stereocenters. The molecule has 3 rings (SSSR count). The highest BCUT2D eigenvalue weighted by Crippen LogP contribution is 2.37. The smallest absolute Gasteiger partial charge is 0.475 e. The molecule has 28 heavy (non-hydrogen) atoms. The van der Waals surface area contributed by atoms with E-state index in [9.17, 15) is 26.3 Å². The van der Waals surface area contributed by atoms with Crippen molar-refractivity contribution in [3.05, 3.63) is 24.0 Å². The first-order valence-electron chi connectivity index (χ1n) is 7.65. The first-order valence-corrected chi connectivity index (χ1v) is 7.65. The number of alkyl halides is 6. The van der Waals surface area contributed by atoms with E-state index in [1.807, 2.05) is 13.1 Å². The minimum Gasteiger partial charge on any atom is -0.475 e. The monoisotopic (exact) mass is 417 g/mol. The Morgan fingerprint density at radius 2 is 1.50 bits per heavy atom. The number of hydrogen-bond acceptors (Lipinski definition) is 5. The number of nitrogens with one attached hydrogen (secondary N) is 1. The van der Waals surface area contributed by atoms with Gasteiger partial charge in [-0.3, -0.25) is 4.98 Å². The van der Waals surface area contributed by atoms with Crippen LogP contribution in [0.15, 0.2) is 18.3 Å². The summed E-state index contributed by atoms with van der Waals surface area (Å²) in [5.41, 5.74) is 3.04. The fourth-order valence-corrected chi connectivity index (χ4v) is 2.38. The third-order valence-corrected chi connectivity index (χ3v) is 3.78. The van der Waals surface area contributed by atoms with E-state index in [4.69, 9.17) is 19.8 Å². The number of carboxylic acids is 2. The van der Waals surface area contributed by atoms with Crippen LogP contribution in [0.3, 0.4) is 0 Å². The Morgan fingerprint density at radius 1 is 1.07 bits per heavy atom. The van der Waals surface area contributed by atoms with Crippen LogP contribution in [0.25, 0.3) is 0 Å². The van der Waals surface area contributed by atoms with Crippen molar-refractivity contribution in [1.82, 2.24) is 10.3 Å².